The molecule has 0 aliphatic rings. The maximum atomic E-state index is 11.0. The lowest BCUT2D eigenvalue weighted by Crippen LogP contribution is -2.01. The molecule has 0 atom stereocenters. The van der Waals surface area contributed by atoms with Crippen molar-refractivity contribution in [2.24, 2.45) is 0 Å². The third-order valence-electron chi connectivity index (χ3n) is 5.12. The molecule has 0 amide bonds. The van der Waals surface area contributed by atoms with E-state index in [1.807, 2.05) is 79.0 Å². The van der Waals surface area contributed by atoms with Crippen LogP contribution in [0.3, 0.4) is 0 Å². The number of nitrogens with two attached hydrogens (primary N) is 1. The maximum Gasteiger partial charge on any atom is 0.224 e. The van der Waals surface area contributed by atoms with E-state index in [1.165, 1.54) is 0 Å². The Labute approximate surface area is 174 Å². The lowest BCUT2D eigenvalue weighted by atomic mass is 10.1. The van der Waals surface area contributed by atoms with E-state index in [4.69, 9.17) is 15.7 Å². The second kappa shape index (κ2) is 7.37. The normalized spacial score (nSPS) is 11.1. The Kier molecular flexibility index (Phi) is 4.41. The highest BCUT2D eigenvalue weighted by molar-refractivity contribution is 5.72. The van der Waals surface area contributed by atoms with Crippen molar-refractivity contribution in [3.63, 3.8) is 0 Å². The van der Waals surface area contributed by atoms with E-state index in [1.54, 1.807) is 4.40 Å². The van der Waals surface area contributed by atoms with Gasteiger partial charge in [0.05, 0.1) is 11.4 Å². The molecule has 0 aliphatic carbocycles. The fourth-order valence-electron chi connectivity index (χ4n) is 3.59. The summed E-state index contributed by atoms with van der Waals surface area (Å²) in [5, 5.41) is 11.0. The number of aromatic hydroxyl groups is 1. The van der Waals surface area contributed by atoms with Gasteiger partial charge in [-0.25, -0.2) is 9.97 Å². The minimum absolute atomic E-state index is 0.101. The van der Waals surface area contributed by atoms with Crippen LogP contribution in [0, 0.1) is 0 Å². The lowest BCUT2D eigenvalue weighted by molar-refractivity contribution is 0.450. The smallest absolute Gasteiger partial charge is 0.224 e. The fraction of sp³-hybridized carbons (Fsp3) is 0.0400. The van der Waals surface area contributed by atoms with Gasteiger partial charge in [-0.2, -0.15) is 0 Å². The molecule has 0 unspecified atom stereocenters. The third-order valence-corrected chi connectivity index (χ3v) is 5.12. The number of aromatic nitrogens is 3. The van der Waals surface area contributed by atoms with Gasteiger partial charge in [0.1, 0.15) is 5.69 Å². The number of hydrogen-bond donors (Lipinski definition) is 2. The molecule has 3 aromatic carbocycles. The van der Waals surface area contributed by atoms with Gasteiger partial charge in [-0.05, 0) is 17.7 Å². The second-order valence-corrected chi connectivity index (χ2v) is 7.20. The molecule has 0 saturated carbocycles. The Bertz CT molecular complexity index is 1310. The largest absolute Gasteiger partial charge is 0.493 e. The molecule has 2 heterocycles. The van der Waals surface area contributed by atoms with Crippen molar-refractivity contribution in [1.82, 2.24) is 14.4 Å². The number of hydrogen-bond acceptors (Lipinski definition) is 4. The van der Waals surface area contributed by atoms with Crippen LogP contribution in [-0.2, 0) is 6.42 Å². The van der Waals surface area contributed by atoms with Gasteiger partial charge >= 0.3 is 0 Å². The highest BCUT2D eigenvalue weighted by Crippen LogP contribution is 2.32. The average Bonchev–Trinajstić information content (AvgIpc) is 3.12. The topological polar surface area (TPSA) is 76.4 Å². The number of benzene rings is 3. The predicted molar refractivity (Wildman–Crippen MR) is 119 cm³/mol. The molecule has 5 aromatic rings. The highest BCUT2D eigenvalue weighted by Gasteiger charge is 2.18. The van der Waals surface area contributed by atoms with Crippen molar-refractivity contribution in [1.29, 1.82) is 0 Å². The van der Waals surface area contributed by atoms with E-state index >= 15 is 0 Å². The first-order valence-corrected chi connectivity index (χ1v) is 9.75. The zero-order valence-corrected chi connectivity index (χ0v) is 16.2. The van der Waals surface area contributed by atoms with Crippen LogP contribution in [0.25, 0.3) is 28.2 Å². The van der Waals surface area contributed by atoms with E-state index in [0.717, 1.165) is 28.1 Å². The molecule has 5 rings (SSSR count). The highest BCUT2D eigenvalue weighted by atomic mass is 16.3. The summed E-state index contributed by atoms with van der Waals surface area (Å²) in [6, 6.07) is 27.4. The second-order valence-electron chi connectivity index (χ2n) is 7.20. The number of fused-ring (bicyclic) bond motifs is 1. The van der Waals surface area contributed by atoms with Crippen molar-refractivity contribution in [3.8, 4) is 28.4 Å². The average molecular weight is 392 g/mol. The molecule has 146 valence electrons. The van der Waals surface area contributed by atoms with Crippen LogP contribution in [0.5, 0.6) is 5.88 Å². The summed E-state index contributed by atoms with van der Waals surface area (Å²) in [6.45, 7) is 0. The molecule has 5 nitrogen and oxygen atoms in total. The van der Waals surface area contributed by atoms with Crippen LogP contribution in [-0.4, -0.2) is 19.5 Å². The van der Waals surface area contributed by atoms with Crippen molar-refractivity contribution in [2.75, 3.05) is 5.73 Å². The molecule has 2 aromatic heterocycles. The summed E-state index contributed by atoms with van der Waals surface area (Å²) < 4.78 is 1.72. The Morgan fingerprint density at radius 1 is 0.767 bits per heavy atom. The van der Waals surface area contributed by atoms with Crippen molar-refractivity contribution in [2.45, 2.75) is 6.42 Å². The van der Waals surface area contributed by atoms with E-state index in [2.05, 4.69) is 12.1 Å². The Morgan fingerprint density at radius 3 is 2.13 bits per heavy atom. The molecule has 0 saturated heterocycles. The first kappa shape index (κ1) is 17.9. The summed E-state index contributed by atoms with van der Waals surface area (Å²) in [6.07, 6.45) is 2.43. The van der Waals surface area contributed by atoms with Crippen LogP contribution in [0.4, 0.5) is 5.69 Å². The number of rotatable bonds is 4. The molecule has 0 spiro atoms. The summed E-state index contributed by atoms with van der Waals surface area (Å²) in [5.41, 5.74) is 12.2. The molecule has 0 aliphatic heterocycles. The lowest BCUT2D eigenvalue weighted by Gasteiger charge is -2.09. The standard InChI is InChI=1S/C25H20N4O/c26-20-13-11-18(12-14-20)22-16-29-24(21(27-22)15-17-7-3-1-4-8-17)28-23(25(29)30)19-9-5-2-6-10-19/h1-14,16,30H,15,26H2. The Hall–Kier alpha value is -4.12. The number of anilines is 1. The van der Waals surface area contributed by atoms with E-state index < -0.39 is 0 Å². The van der Waals surface area contributed by atoms with Gasteiger partial charge in [-0.1, -0.05) is 72.8 Å². The number of nitrogen functional groups attached to an aromatic ring is 1. The van der Waals surface area contributed by atoms with Gasteiger partial charge in [-0.15, -0.1) is 0 Å². The molecule has 3 N–H and O–H groups in total. The molecular formula is C25H20N4O. The molecule has 5 heteroatoms. The Balaban J connectivity index is 1.73. The summed E-state index contributed by atoms with van der Waals surface area (Å²) in [5.74, 6) is 0.101. The fourth-order valence-corrected chi connectivity index (χ4v) is 3.59. The van der Waals surface area contributed by atoms with Gasteiger partial charge in [0.15, 0.2) is 5.65 Å². The van der Waals surface area contributed by atoms with E-state index in [-0.39, 0.29) is 5.88 Å². The zero-order valence-electron chi connectivity index (χ0n) is 16.2. The van der Waals surface area contributed by atoms with Crippen LogP contribution >= 0.6 is 0 Å². The van der Waals surface area contributed by atoms with E-state index in [9.17, 15) is 5.11 Å². The van der Waals surface area contributed by atoms with Gasteiger partial charge in [0, 0.05) is 29.4 Å². The molecule has 0 bridgehead atoms. The van der Waals surface area contributed by atoms with Gasteiger partial charge in [0.2, 0.25) is 5.88 Å². The van der Waals surface area contributed by atoms with Crippen molar-refractivity contribution < 1.29 is 5.11 Å². The minimum Gasteiger partial charge on any atom is -0.493 e. The summed E-state index contributed by atoms with van der Waals surface area (Å²) in [4.78, 5) is 9.67. The van der Waals surface area contributed by atoms with Gasteiger partial charge in [0.25, 0.3) is 0 Å². The van der Waals surface area contributed by atoms with Gasteiger partial charge < -0.3 is 10.8 Å². The van der Waals surface area contributed by atoms with Crippen molar-refractivity contribution in [3.05, 3.63) is 102 Å². The molecule has 0 radical (unpaired) electrons. The Morgan fingerprint density at radius 2 is 1.43 bits per heavy atom. The SMILES string of the molecule is Nc1ccc(-c2cn3c(O)c(-c4ccccc4)nc3c(Cc3ccccc3)n2)cc1. The minimum atomic E-state index is 0.101. The quantitative estimate of drug-likeness (QED) is 0.425. The van der Waals surface area contributed by atoms with Crippen LogP contribution in [0.1, 0.15) is 11.3 Å². The molecule has 30 heavy (non-hydrogen) atoms. The molecular weight excluding hydrogens is 372 g/mol. The summed E-state index contributed by atoms with van der Waals surface area (Å²) >= 11 is 0. The zero-order chi connectivity index (χ0) is 20.5. The van der Waals surface area contributed by atoms with E-state index in [0.29, 0.717) is 23.4 Å². The predicted octanol–water partition coefficient (Wildman–Crippen LogP) is 4.94. The van der Waals surface area contributed by atoms with Crippen LogP contribution < -0.4 is 5.73 Å². The van der Waals surface area contributed by atoms with Crippen molar-refractivity contribution >= 4 is 11.3 Å². The first-order valence-electron chi connectivity index (χ1n) is 9.75. The third kappa shape index (κ3) is 3.26. The maximum absolute atomic E-state index is 11.0. The number of imidazole rings is 1. The van der Waals surface area contributed by atoms with Crippen LogP contribution in [0.15, 0.2) is 91.1 Å². The van der Waals surface area contributed by atoms with Gasteiger partial charge in [-0.3, -0.25) is 4.40 Å². The molecule has 0 fully saturated rings. The monoisotopic (exact) mass is 392 g/mol. The number of nitrogens with zero attached hydrogens (tertiary/aromatic N) is 3. The summed E-state index contributed by atoms with van der Waals surface area (Å²) in [7, 11) is 0. The van der Waals surface area contributed by atoms with Crippen LogP contribution in [0.2, 0.25) is 0 Å². The first-order chi connectivity index (χ1) is 14.7.